The Balaban J connectivity index is 3.01. The zero-order valence-electron chi connectivity index (χ0n) is 14.3. The SMILES string of the molecule is CCCC(=O)N(C(=O)OCC)C1CC(C)(C)NC(C)(C)C1. The van der Waals surface area contributed by atoms with Gasteiger partial charge in [-0.1, -0.05) is 6.92 Å². The van der Waals surface area contributed by atoms with Gasteiger partial charge in [0.2, 0.25) is 5.91 Å². The number of imide groups is 1. The summed E-state index contributed by atoms with van der Waals surface area (Å²) >= 11 is 0. The molecule has 2 amide bonds. The fraction of sp³-hybridized carbons (Fsp3) is 0.875. The van der Waals surface area contributed by atoms with Crippen LogP contribution in [0.5, 0.6) is 0 Å². The second-order valence-electron chi connectivity index (χ2n) is 7.17. The van der Waals surface area contributed by atoms with Crippen LogP contribution in [0.4, 0.5) is 4.79 Å². The third kappa shape index (κ3) is 4.99. The van der Waals surface area contributed by atoms with E-state index in [0.717, 1.165) is 19.3 Å². The predicted molar refractivity (Wildman–Crippen MR) is 83.1 cm³/mol. The molecule has 0 bridgehead atoms. The first-order valence-electron chi connectivity index (χ1n) is 7.90. The highest BCUT2D eigenvalue weighted by Crippen LogP contribution is 2.32. The van der Waals surface area contributed by atoms with Gasteiger partial charge in [-0.25, -0.2) is 9.69 Å². The minimum atomic E-state index is -0.505. The van der Waals surface area contributed by atoms with E-state index in [1.807, 2.05) is 6.92 Å². The first kappa shape index (κ1) is 18.0. The Hall–Kier alpha value is -1.10. The molecule has 1 N–H and O–H groups in total. The van der Waals surface area contributed by atoms with Crippen molar-refractivity contribution in [2.45, 2.75) is 84.3 Å². The quantitative estimate of drug-likeness (QED) is 0.866. The summed E-state index contributed by atoms with van der Waals surface area (Å²) in [5, 5.41) is 3.57. The van der Waals surface area contributed by atoms with Gasteiger partial charge in [-0.2, -0.15) is 0 Å². The van der Waals surface area contributed by atoms with Crippen molar-refractivity contribution in [2.24, 2.45) is 0 Å². The first-order valence-corrected chi connectivity index (χ1v) is 7.90. The molecule has 1 fully saturated rings. The lowest BCUT2D eigenvalue weighted by Gasteiger charge is -2.48. The van der Waals surface area contributed by atoms with E-state index < -0.39 is 6.09 Å². The van der Waals surface area contributed by atoms with Crippen LogP contribution >= 0.6 is 0 Å². The lowest BCUT2D eigenvalue weighted by molar-refractivity contribution is -0.133. The molecular weight excluding hydrogens is 268 g/mol. The molecule has 0 radical (unpaired) electrons. The third-order valence-corrected chi connectivity index (χ3v) is 3.73. The van der Waals surface area contributed by atoms with Crippen molar-refractivity contribution in [3.63, 3.8) is 0 Å². The van der Waals surface area contributed by atoms with Crippen molar-refractivity contribution >= 4 is 12.0 Å². The standard InChI is InChI=1S/C16H30N2O3/c1-7-9-13(19)18(14(20)21-8-2)12-10-15(3,4)17-16(5,6)11-12/h12,17H,7-11H2,1-6H3. The van der Waals surface area contributed by atoms with E-state index >= 15 is 0 Å². The van der Waals surface area contributed by atoms with Gasteiger partial charge in [-0.3, -0.25) is 4.79 Å². The fourth-order valence-corrected chi connectivity index (χ4v) is 3.43. The summed E-state index contributed by atoms with van der Waals surface area (Å²) in [6.07, 6.45) is 2.08. The zero-order chi connectivity index (χ0) is 16.3. The predicted octanol–water partition coefficient (Wildman–Crippen LogP) is 3.08. The molecule has 21 heavy (non-hydrogen) atoms. The van der Waals surface area contributed by atoms with Crippen molar-refractivity contribution in [1.29, 1.82) is 0 Å². The molecule has 0 unspecified atom stereocenters. The van der Waals surface area contributed by atoms with Crippen molar-refractivity contribution in [3.8, 4) is 0 Å². The number of hydrogen-bond donors (Lipinski definition) is 1. The van der Waals surface area contributed by atoms with Crippen LogP contribution < -0.4 is 5.32 Å². The van der Waals surface area contributed by atoms with E-state index in [2.05, 4.69) is 33.0 Å². The van der Waals surface area contributed by atoms with E-state index in [0.29, 0.717) is 6.42 Å². The summed E-state index contributed by atoms with van der Waals surface area (Å²) in [4.78, 5) is 26.0. The van der Waals surface area contributed by atoms with Crippen molar-refractivity contribution in [1.82, 2.24) is 10.2 Å². The van der Waals surface area contributed by atoms with Gasteiger partial charge >= 0.3 is 6.09 Å². The minimum Gasteiger partial charge on any atom is -0.449 e. The lowest BCUT2D eigenvalue weighted by Crippen LogP contribution is -2.63. The summed E-state index contributed by atoms with van der Waals surface area (Å²) < 4.78 is 5.11. The number of hydrogen-bond acceptors (Lipinski definition) is 4. The van der Waals surface area contributed by atoms with Crippen LogP contribution in [0.1, 0.15) is 67.2 Å². The second kappa shape index (κ2) is 6.77. The molecule has 5 nitrogen and oxygen atoms in total. The average Bonchev–Trinajstić information content (AvgIpc) is 2.25. The number of carbonyl (C=O) groups excluding carboxylic acids is 2. The Morgan fingerprint density at radius 3 is 2.10 bits per heavy atom. The number of amides is 2. The molecule has 0 atom stereocenters. The van der Waals surface area contributed by atoms with Crippen LogP contribution in [0.3, 0.4) is 0 Å². The molecule has 0 aromatic heterocycles. The van der Waals surface area contributed by atoms with E-state index in [4.69, 9.17) is 4.74 Å². The van der Waals surface area contributed by atoms with Gasteiger partial charge in [0.25, 0.3) is 0 Å². The zero-order valence-corrected chi connectivity index (χ0v) is 14.3. The number of nitrogens with zero attached hydrogens (tertiary/aromatic N) is 1. The molecule has 0 saturated carbocycles. The Morgan fingerprint density at radius 1 is 1.14 bits per heavy atom. The van der Waals surface area contributed by atoms with Gasteiger partial charge in [0.15, 0.2) is 0 Å². The molecule has 1 saturated heterocycles. The van der Waals surface area contributed by atoms with Crippen molar-refractivity contribution in [2.75, 3.05) is 6.61 Å². The fourth-order valence-electron chi connectivity index (χ4n) is 3.43. The normalized spacial score (nSPS) is 20.9. The maximum Gasteiger partial charge on any atom is 0.416 e. The molecule has 1 rings (SSSR count). The number of carbonyl (C=O) groups is 2. The summed E-state index contributed by atoms with van der Waals surface area (Å²) in [6.45, 7) is 12.4. The van der Waals surface area contributed by atoms with Crippen molar-refractivity contribution in [3.05, 3.63) is 0 Å². The van der Waals surface area contributed by atoms with Crippen LogP contribution in [0.25, 0.3) is 0 Å². The topological polar surface area (TPSA) is 58.6 Å². The van der Waals surface area contributed by atoms with Gasteiger partial charge < -0.3 is 10.1 Å². The van der Waals surface area contributed by atoms with Crippen LogP contribution in [-0.4, -0.2) is 40.6 Å². The summed E-state index contributed by atoms with van der Waals surface area (Å²) in [5.74, 6) is -0.130. The average molecular weight is 298 g/mol. The second-order valence-corrected chi connectivity index (χ2v) is 7.17. The van der Waals surface area contributed by atoms with Gasteiger partial charge in [0.05, 0.1) is 6.61 Å². The molecule has 0 aliphatic carbocycles. The van der Waals surface area contributed by atoms with Crippen LogP contribution in [0.15, 0.2) is 0 Å². The van der Waals surface area contributed by atoms with E-state index in [9.17, 15) is 9.59 Å². The maximum absolute atomic E-state index is 12.4. The minimum absolute atomic E-state index is 0.116. The molecule has 5 heteroatoms. The molecule has 0 spiro atoms. The molecule has 1 heterocycles. The Kier molecular flexibility index (Phi) is 5.79. The Bertz CT molecular complexity index is 357. The highest BCUT2D eigenvalue weighted by atomic mass is 16.6. The van der Waals surface area contributed by atoms with Gasteiger partial charge in [-0.15, -0.1) is 0 Å². The highest BCUT2D eigenvalue weighted by Gasteiger charge is 2.43. The van der Waals surface area contributed by atoms with Crippen LogP contribution in [0.2, 0.25) is 0 Å². The van der Waals surface area contributed by atoms with Gasteiger partial charge in [-0.05, 0) is 53.9 Å². The van der Waals surface area contributed by atoms with E-state index in [1.54, 1.807) is 6.92 Å². The van der Waals surface area contributed by atoms with Gasteiger partial charge in [0, 0.05) is 23.5 Å². The van der Waals surface area contributed by atoms with E-state index in [1.165, 1.54) is 4.90 Å². The van der Waals surface area contributed by atoms with Crippen LogP contribution in [-0.2, 0) is 9.53 Å². The Labute approximate surface area is 128 Å². The summed E-state index contributed by atoms with van der Waals surface area (Å²) in [6, 6.07) is -0.116. The Morgan fingerprint density at radius 2 is 1.67 bits per heavy atom. The number of piperidine rings is 1. The monoisotopic (exact) mass is 298 g/mol. The summed E-state index contributed by atoms with van der Waals surface area (Å²) in [7, 11) is 0. The first-order chi connectivity index (χ1) is 9.62. The van der Waals surface area contributed by atoms with E-state index in [-0.39, 0.29) is 29.6 Å². The van der Waals surface area contributed by atoms with Gasteiger partial charge in [0.1, 0.15) is 0 Å². The van der Waals surface area contributed by atoms with Crippen LogP contribution in [0, 0.1) is 0 Å². The number of nitrogens with one attached hydrogen (secondary N) is 1. The number of ether oxygens (including phenoxy) is 1. The molecule has 1 aliphatic heterocycles. The smallest absolute Gasteiger partial charge is 0.416 e. The molecule has 122 valence electrons. The number of rotatable bonds is 4. The lowest BCUT2D eigenvalue weighted by atomic mass is 9.79. The maximum atomic E-state index is 12.4. The summed E-state index contributed by atoms with van der Waals surface area (Å²) in [5.41, 5.74) is -0.243. The molecular formula is C16H30N2O3. The third-order valence-electron chi connectivity index (χ3n) is 3.73. The molecule has 1 aliphatic rings. The highest BCUT2D eigenvalue weighted by molar-refractivity contribution is 5.92. The molecule has 0 aromatic carbocycles. The largest absolute Gasteiger partial charge is 0.449 e. The van der Waals surface area contributed by atoms with Crippen molar-refractivity contribution < 1.29 is 14.3 Å². The molecule has 0 aromatic rings.